The predicted molar refractivity (Wildman–Crippen MR) is 120 cm³/mol. The Bertz CT molecular complexity index is 944. The molecule has 2 aliphatic rings. The quantitative estimate of drug-likeness (QED) is 0.737. The highest BCUT2D eigenvalue weighted by Crippen LogP contribution is 2.38. The summed E-state index contributed by atoms with van der Waals surface area (Å²) in [6.45, 7) is 1.94. The third kappa shape index (κ3) is 4.66. The molecule has 2 aromatic rings. The number of likely N-dealkylation sites (tertiary alicyclic amines) is 1. The Morgan fingerprint density at radius 3 is 2.55 bits per heavy atom. The maximum atomic E-state index is 12.7. The van der Waals surface area contributed by atoms with Crippen molar-refractivity contribution < 1.29 is 19.1 Å². The van der Waals surface area contributed by atoms with E-state index in [-0.39, 0.29) is 17.9 Å². The number of hydrogen-bond acceptors (Lipinski definition) is 5. The second kappa shape index (κ2) is 9.39. The third-order valence-electron chi connectivity index (χ3n) is 6.05. The fraction of sp³-hybridized carbons (Fsp3) is 0.417. The third-order valence-corrected chi connectivity index (χ3v) is 6.05. The summed E-state index contributed by atoms with van der Waals surface area (Å²) >= 11 is 0. The van der Waals surface area contributed by atoms with Gasteiger partial charge < -0.3 is 19.7 Å². The Kier molecular flexibility index (Phi) is 6.42. The summed E-state index contributed by atoms with van der Waals surface area (Å²) < 4.78 is 10.9. The number of benzene rings is 2. The van der Waals surface area contributed by atoms with Crippen LogP contribution in [-0.2, 0) is 9.59 Å². The number of ether oxygens (including phenoxy) is 2. The van der Waals surface area contributed by atoms with E-state index >= 15 is 0 Å². The van der Waals surface area contributed by atoms with Gasteiger partial charge in [-0.2, -0.15) is 0 Å². The molecule has 2 saturated heterocycles. The van der Waals surface area contributed by atoms with E-state index in [0.29, 0.717) is 13.0 Å². The molecule has 2 heterocycles. The van der Waals surface area contributed by atoms with E-state index in [1.54, 1.807) is 19.1 Å². The summed E-state index contributed by atoms with van der Waals surface area (Å²) in [5.74, 6) is 1.64. The van der Waals surface area contributed by atoms with Crippen molar-refractivity contribution in [3.05, 3.63) is 48.0 Å². The number of amides is 2. The molecular weight excluding hydrogens is 394 g/mol. The molecule has 1 atom stereocenters. The largest absolute Gasteiger partial charge is 0.497 e. The number of rotatable bonds is 7. The van der Waals surface area contributed by atoms with E-state index < -0.39 is 0 Å². The van der Waals surface area contributed by atoms with Gasteiger partial charge in [0.15, 0.2) is 0 Å². The first kappa shape index (κ1) is 21.2. The molecule has 2 aromatic carbocycles. The lowest BCUT2D eigenvalue weighted by atomic mass is 10.0. The summed E-state index contributed by atoms with van der Waals surface area (Å²) in [7, 11) is 3.29. The normalized spacial score (nSPS) is 19.0. The zero-order chi connectivity index (χ0) is 21.8. The lowest BCUT2D eigenvalue weighted by molar-refractivity contribution is -0.118. The van der Waals surface area contributed by atoms with Gasteiger partial charge in [-0.25, -0.2) is 0 Å². The summed E-state index contributed by atoms with van der Waals surface area (Å²) in [6.07, 6.45) is 3.52. The molecule has 2 amide bonds. The van der Waals surface area contributed by atoms with Crippen molar-refractivity contribution in [2.75, 3.05) is 44.1 Å². The van der Waals surface area contributed by atoms with E-state index in [9.17, 15) is 9.59 Å². The Labute approximate surface area is 182 Å². The minimum absolute atomic E-state index is 0.0515. The first-order chi connectivity index (χ1) is 15.1. The van der Waals surface area contributed by atoms with Crippen molar-refractivity contribution in [1.82, 2.24) is 4.90 Å². The first-order valence-corrected chi connectivity index (χ1v) is 10.8. The Morgan fingerprint density at radius 2 is 1.87 bits per heavy atom. The molecule has 0 bridgehead atoms. The van der Waals surface area contributed by atoms with Crippen molar-refractivity contribution in [1.29, 1.82) is 0 Å². The van der Waals surface area contributed by atoms with E-state index in [2.05, 4.69) is 10.2 Å². The molecule has 7 nitrogen and oxygen atoms in total. The van der Waals surface area contributed by atoms with Crippen molar-refractivity contribution >= 4 is 23.2 Å². The van der Waals surface area contributed by atoms with Crippen molar-refractivity contribution in [2.45, 2.75) is 31.7 Å². The van der Waals surface area contributed by atoms with Crippen LogP contribution in [0.2, 0.25) is 0 Å². The predicted octanol–water partition coefficient (Wildman–Crippen LogP) is 3.61. The van der Waals surface area contributed by atoms with Gasteiger partial charge >= 0.3 is 0 Å². The lowest BCUT2D eigenvalue weighted by Gasteiger charge is -2.26. The summed E-state index contributed by atoms with van der Waals surface area (Å²) in [5.41, 5.74) is 2.69. The first-order valence-electron chi connectivity index (χ1n) is 10.8. The van der Waals surface area contributed by atoms with Crippen LogP contribution < -0.4 is 19.7 Å². The van der Waals surface area contributed by atoms with Crippen LogP contribution in [0.4, 0.5) is 11.4 Å². The zero-order valence-electron chi connectivity index (χ0n) is 18.1. The molecule has 164 valence electrons. The molecule has 0 radical (unpaired) electrons. The van der Waals surface area contributed by atoms with Crippen molar-refractivity contribution in [3.63, 3.8) is 0 Å². The van der Waals surface area contributed by atoms with Crippen LogP contribution in [0.3, 0.4) is 0 Å². The van der Waals surface area contributed by atoms with Gasteiger partial charge in [0.25, 0.3) is 0 Å². The van der Waals surface area contributed by atoms with Crippen LogP contribution >= 0.6 is 0 Å². The molecule has 0 aromatic heterocycles. The van der Waals surface area contributed by atoms with Gasteiger partial charge in [-0.05, 0) is 56.1 Å². The Morgan fingerprint density at radius 1 is 1.06 bits per heavy atom. The molecule has 0 saturated carbocycles. The molecule has 4 rings (SSSR count). The van der Waals surface area contributed by atoms with Crippen LogP contribution in [0.25, 0.3) is 0 Å². The molecular formula is C24H29N3O4. The lowest BCUT2D eigenvalue weighted by Crippen LogP contribution is -2.33. The average molecular weight is 424 g/mol. The number of methoxy groups -OCH3 is 2. The molecule has 2 aliphatic heterocycles. The number of nitrogens with one attached hydrogen (secondary N) is 1. The number of anilines is 2. The Balaban J connectivity index is 1.39. The van der Waals surface area contributed by atoms with Gasteiger partial charge in [-0.15, -0.1) is 0 Å². The number of hydrogen-bond donors (Lipinski definition) is 1. The average Bonchev–Trinajstić information content (AvgIpc) is 3.42. The minimum Gasteiger partial charge on any atom is -0.497 e. The monoisotopic (exact) mass is 423 g/mol. The topological polar surface area (TPSA) is 71.1 Å². The fourth-order valence-corrected chi connectivity index (χ4v) is 4.49. The molecule has 31 heavy (non-hydrogen) atoms. The maximum absolute atomic E-state index is 12.7. The molecule has 2 fully saturated rings. The van der Waals surface area contributed by atoms with Gasteiger partial charge in [0, 0.05) is 42.0 Å². The highest BCUT2D eigenvalue weighted by Gasteiger charge is 2.30. The van der Waals surface area contributed by atoms with Crippen LogP contribution in [0, 0.1) is 0 Å². The summed E-state index contributed by atoms with van der Waals surface area (Å²) in [5, 5.41) is 2.98. The standard InChI is InChI=1S/C24H29N3O4/c1-30-19-11-12-20(22(15-19)31-2)21-5-3-13-26(21)16-23(28)25-17-7-9-18(10-8-17)27-14-4-6-24(27)29/h7-12,15,21H,3-6,13-14,16H2,1-2H3,(H,25,28)/t21-/m1/s1. The zero-order valence-corrected chi connectivity index (χ0v) is 18.1. The van der Waals surface area contributed by atoms with E-state index in [0.717, 1.165) is 60.8 Å². The SMILES string of the molecule is COc1ccc([C@H]2CCCN2CC(=O)Nc2ccc(N3CCCC3=O)cc2)c(OC)c1. The van der Waals surface area contributed by atoms with Crippen LogP contribution in [0.5, 0.6) is 11.5 Å². The van der Waals surface area contributed by atoms with Crippen molar-refractivity contribution in [2.24, 2.45) is 0 Å². The van der Waals surface area contributed by atoms with Gasteiger partial charge in [-0.1, -0.05) is 6.07 Å². The number of carbonyl (C=O) groups excluding carboxylic acids is 2. The van der Waals surface area contributed by atoms with Crippen molar-refractivity contribution in [3.8, 4) is 11.5 Å². The van der Waals surface area contributed by atoms with Gasteiger partial charge in [0.05, 0.1) is 20.8 Å². The fourth-order valence-electron chi connectivity index (χ4n) is 4.49. The van der Waals surface area contributed by atoms with Gasteiger partial charge in [0.2, 0.25) is 11.8 Å². The maximum Gasteiger partial charge on any atom is 0.238 e. The Hall–Kier alpha value is -3.06. The van der Waals surface area contributed by atoms with Gasteiger partial charge in [0.1, 0.15) is 11.5 Å². The van der Waals surface area contributed by atoms with E-state index in [4.69, 9.17) is 9.47 Å². The summed E-state index contributed by atoms with van der Waals surface area (Å²) in [4.78, 5) is 28.6. The van der Waals surface area contributed by atoms with Gasteiger partial charge in [-0.3, -0.25) is 14.5 Å². The number of nitrogens with zero attached hydrogens (tertiary/aromatic N) is 2. The highest BCUT2D eigenvalue weighted by molar-refractivity contribution is 5.96. The summed E-state index contributed by atoms with van der Waals surface area (Å²) in [6, 6.07) is 13.5. The van der Waals surface area contributed by atoms with E-state index in [1.165, 1.54) is 0 Å². The molecule has 0 unspecified atom stereocenters. The second-order valence-corrected chi connectivity index (χ2v) is 7.98. The molecule has 0 spiro atoms. The number of carbonyl (C=O) groups is 2. The van der Waals surface area contributed by atoms with Crippen LogP contribution in [0.1, 0.15) is 37.3 Å². The van der Waals surface area contributed by atoms with Crippen LogP contribution in [-0.4, -0.2) is 50.6 Å². The minimum atomic E-state index is -0.0515. The molecule has 1 N–H and O–H groups in total. The van der Waals surface area contributed by atoms with Crippen LogP contribution in [0.15, 0.2) is 42.5 Å². The second-order valence-electron chi connectivity index (χ2n) is 7.98. The highest BCUT2D eigenvalue weighted by atomic mass is 16.5. The van der Waals surface area contributed by atoms with E-state index in [1.807, 2.05) is 42.5 Å². The molecule has 7 heteroatoms. The molecule has 0 aliphatic carbocycles. The smallest absolute Gasteiger partial charge is 0.238 e.